The Bertz CT molecular complexity index is 838. The van der Waals surface area contributed by atoms with Gasteiger partial charge in [0, 0.05) is 19.6 Å². The van der Waals surface area contributed by atoms with Gasteiger partial charge >= 0.3 is 0 Å². The van der Waals surface area contributed by atoms with Crippen LogP contribution < -0.4 is 5.56 Å². The van der Waals surface area contributed by atoms with Gasteiger partial charge < -0.3 is 14.2 Å². The van der Waals surface area contributed by atoms with E-state index in [2.05, 4.69) is 13.8 Å². The molecule has 1 aromatic carbocycles. The number of nitrogens with zero attached hydrogens (tertiary/aromatic N) is 2. The molecule has 2 aromatic rings. The van der Waals surface area contributed by atoms with E-state index in [9.17, 15) is 14.0 Å². The van der Waals surface area contributed by atoms with Gasteiger partial charge in [-0.15, -0.1) is 0 Å². The van der Waals surface area contributed by atoms with Gasteiger partial charge in [-0.2, -0.15) is 0 Å². The molecular formula is C19H23FN2O3. The van der Waals surface area contributed by atoms with Crippen molar-refractivity contribution in [2.75, 3.05) is 26.3 Å². The molecular weight excluding hydrogens is 323 g/mol. The van der Waals surface area contributed by atoms with E-state index in [1.807, 2.05) is 0 Å². The molecule has 0 N–H and O–H groups in total. The summed E-state index contributed by atoms with van der Waals surface area (Å²) < 4.78 is 20.4. The maximum atomic E-state index is 13.6. The predicted octanol–water partition coefficient (Wildman–Crippen LogP) is 2.66. The summed E-state index contributed by atoms with van der Waals surface area (Å²) in [5.74, 6) is -0.232. The average Bonchev–Trinajstić information content (AvgIpc) is 2.61. The Labute approximate surface area is 146 Å². The van der Waals surface area contributed by atoms with E-state index in [1.165, 1.54) is 16.7 Å². The van der Waals surface area contributed by atoms with E-state index in [4.69, 9.17) is 4.74 Å². The molecule has 1 aromatic heterocycles. The summed E-state index contributed by atoms with van der Waals surface area (Å²) in [7, 11) is 0. The number of hydrogen-bond acceptors (Lipinski definition) is 3. The molecule has 5 nitrogen and oxygen atoms in total. The molecule has 0 radical (unpaired) electrons. The molecule has 1 saturated heterocycles. The zero-order valence-corrected chi connectivity index (χ0v) is 14.6. The number of benzene rings is 1. The molecule has 0 saturated carbocycles. The van der Waals surface area contributed by atoms with Crippen LogP contribution in [0.5, 0.6) is 0 Å². The molecule has 0 atom stereocenters. The highest BCUT2D eigenvalue weighted by atomic mass is 19.1. The van der Waals surface area contributed by atoms with Gasteiger partial charge in [-0.25, -0.2) is 4.39 Å². The van der Waals surface area contributed by atoms with Crippen LogP contribution in [-0.2, 0) is 11.3 Å². The van der Waals surface area contributed by atoms with Crippen LogP contribution in [0.4, 0.5) is 4.39 Å². The summed E-state index contributed by atoms with van der Waals surface area (Å²) in [5, 5.41) is 0.895. The van der Waals surface area contributed by atoms with Crippen LogP contribution in [-0.4, -0.2) is 41.7 Å². The van der Waals surface area contributed by atoms with E-state index in [0.717, 1.165) is 6.42 Å². The summed E-state index contributed by atoms with van der Waals surface area (Å²) in [4.78, 5) is 27.6. The van der Waals surface area contributed by atoms with Gasteiger partial charge in [0.05, 0.1) is 18.6 Å². The van der Waals surface area contributed by atoms with Gasteiger partial charge in [0.25, 0.3) is 11.5 Å². The summed E-state index contributed by atoms with van der Waals surface area (Å²) in [6, 6.07) is 5.80. The van der Waals surface area contributed by atoms with E-state index < -0.39 is 5.82 Å². The van der Waals surface area contributed by atoms with Crippen molar-refractivity contribution in [2.24, 2.45) is 5.92 Å². The van der Waals surface area contributed by atoms with Crippen molar-refractivity contribution in [2.45, 2.75) is 26.8 Å². The van der Waals surface area contributed by atoms with Crippen molar-refractivity contribution >= 4 is 16.7 Å². The number of morpholine rings is 1. The van der Waals surface area contributed by atoms with Crippen molar-refractivity contribution in [3.63, 3.8) is 0 Å². The Morgan fingerprint density at radius 3 is 2.64 bits per heavy atom. The lowest BCUT2D eigenvalue weighted by Crippen LogP contribution is -2.43. The summed E-state index contributed by atoms with van der Waals surface area (Å²) in [5.41, 5.74) is 0.0564. The van der Waals surface area contributed by atoms with Crippen molar-refractivity contribution in [3.05, 3.63) is 46.1 Å². The second-order valence-corrected chi connectivity index (χ2v) is 6.81. The second-order valence-electron chi connectivity index (χ2n) is 6.81. The van der Waals surface area contributed by atoms with Gasteiger partial charge in [-0.1, -0.05) is 19.9 Å². The highest BCUT2D eigenvalue weighted by Crippen LogP contribution is 2.17. The quantitative estimate of drug-likeness (QED) is 0.855. The number of carbonyl (C=O) groups is 1. The number of fused-ring (bicyclic) bond motifs is 1. The maximum Gasteiger partial charge on any atom is 0.270 e. The van der Waals surface area contributed by atoms with Crippen LogP contribution in [0.3, 0.4) is 0 Å². The van der Waals surface area contributed by atoms with Gasteiger partial charge in [-0.3, -0.25) is 9.59 Å². The van der Waals surface area contributed by atoms with Crippen LogP contribution in [0.1, 0.15) is 30.8 Å². The van der Waals surface area contributed by atoms with Crippen LogP contribution in [0.15, 0.2) is 29.1 Å². The normalized spacial score (nSPS) is 15.1. The third-order valence-electron chi connectivity index (χ3n) is 4.52. The average molecular weight is 346 g/mol. The Kier molecular flexibility index (Phi) is 5.18. The first-order valence-corrected chi connectivity index (χ1v) is 8.67. The van der Waals surface area contributed by atoms with E-state index >= 15 is 0 Å². The fourth-order valence-corrected chi connectivity index (χ4v) is 3.03. The lowest BCUT2D eigenvalue weighted by atomic mass is 10.1. The molecule has 6 heteroatoms. The predicted molar refractivity (Wildman–Crippen MR) is 94.3 cm³/mol. The number of hydrogen-bond donors (Lipinski definition) is 0. The van der Waals surface area contributed by atoms with Crippen LogP contribution >= 0.6 is 0 Å². The minimum Gasteiger partial charge on any atom is -0.378 e. The smallest absolute Gasteiger partial charge is 0.270 e. The first kappa shape index (κ1) is 17.6. The lowest BCUT2D eigenvalue weighted by Gasteiger charge is -2.28. The minimum absolute atomic E-state index is 0.171. The fraction of sp³-hybridized carbons (Fsp3) is 0.474. The van der Waals surface area contributed by atoms with Crippen molar-refractivity contribution in [1.29, 1.82) is 0 Å². The number of amides is 1. The standard InChI is InChI=1S/C19H23FN2O3/c1-13(2)5-6-22-17(19(24)21-7-9-25-10-8-21)11-14-3-4-15(20)12-16(14)18(22)23/h3-4,11-13H,5-10H2,1-2H3. The van der Waals surface area contributed by atoms with Crippen LogP contribution in [0.25, 0.3) is 10.8 Å². The Hall–Kier alpha value is -2.21. The molecule has 25 heavy (non-hydrogen) atoms. The van der Waals surface area contributed by atoms with Crippen LogP contribution in [0.2, 0.25) is 0 Å². The molecule has 2 heterocycles. The van der Waals surface area contributed by atoms with Gasteiger partial charge in [0.1, 0.15) is 11.5 Å². The first-order valence-electron chi connectivity index (χ1n) is 8.67. The zero-order chi connectivity index (χ0) is 18.0. The summed E-state index contributed by atoms with van der Waals surface area (Å²) >= 11 is 0. The van der Waals surface area contributed by atoms with Crippen molar-refractivity contribution in [1.82, 2.24) is 9.47 Å². The van der Waals surface area contributed by atoms with Crippen LogP contribution in [0, 0.1) is 11.7 Å². The molecule has 1 fully saturated rings. The summed E-state index contributed by atoms with van der Waals surface area (Å²) in [6.07, 6.45) is 0.768. The lowest BCUT2D eigenvalue weighted by molar-refractivity contribution is 0.0295. The Morgan fingerprint density at radius 2 is 1.96 bits per heavy atom. The molecule has 3 rings (SSSR count). The monoisotopic (exact) mass is 346 g/mol. The molecule has 0 aliphatic carbocycles. The molecule has 0 unspecified atom stereocenters. The van der Waals surface area contributed by atoms with E-state index in [0.29, 0.717) is 55.2 Å². The third-order valence-corrected chi connectivity index (χ3v) is 4.52. The van der Waals surface area contributed by atoms with Gasteiger partial charge in [0.15, 0.2) is 0 Å². The molecule has 1 aliphatic rings. The number of halogens is 1. The third kappa shape index (κ3) is 3.74. The number of pyridine rings is 1. The van der Waals surface area contributed by atoms with E-state index in [1.54, 1.807) is 17.0 Å². The highest BCUT2D eigenvalue weighted by molar-refractivity contribution is 5.96. The topological polar surface area (TPSA) is 51.5 Å². The SMILES string of the molecule is CC(C)CCn1c(C(=O)N2CCOCC2)cc2ccc(F)cc2c1=O. The largest absolute Gasteiger partial charge is 0.378 e. The molecule has 1 aliphatic heterocycles. The van der Waals surface area contributed by atoms with Crippen molar-refractivity contribution < 1.29 is 13.9 Å². The van der Waals surface area contributed by atoms with Gasteiger partial charge in [0.2, 0.25) is 0 Å². The number of rotatable bonds is 4. The number of carbonyl (C=O) groups excluding carboxylic acids is 1. The zero-order valence-electron chi connectivity index (χ0n) is 14.6. The van der Waals surface area contributed by atoms with Gasteiger partial charge in [-0.05, 0) is 35.9 Å². The molecule has 0 spiro atoms. The molecule has 1 amide bonds. The minimum atomic E-state index is -0.452. The highest BCUT2D eigenvalue weighted by Gasteiger charge is 2.23. The van der Waals surface area contributed by atoms with E-state index in [-0.39, 0.29) is 11.5 Å². The molecule has 0 bridgehead atoms. The maximum absolute atomic E-state index is 13.6. The Morgan fingerprint density at radius 1 is 1.24 bits per heavy atom. The number of aromatic nitrogens is 1. The first-order chi connectivity index (χ1) is 12.0. The second kappa shape index (κ2) is 7.35. The summed E-state index contributed by atoms with van der Waals surface area (Å²) in [6.45, 7) is 6.59. The van der Waals surface area contributed by atoms with Crippen molar-refractivity contribution in [3.8, 4) is 0 Å². The number of ether oxygens (including phenoxy) is 1. The Balaban J connectivity index is 2.10. The molecule has 134 valence electrons. The fourth-order valence-electron chi connectivity index (χ4n) is 3.03.